The molecule has 0 radical (unpaired) electrons. The van der Waals surface area contributed by atoms with Gasteiger partial charge in [0.05, 0.1) is 12.0 Å². The molecule has 2 aromatic rings. The molecule has 25 heavy (non-hydrogen) atoms. The molecular formula is C21H28N2O2. The van der Waals surface area contributed by atoms with Crippen molar-refractivity contribution in [1.29, 1.82) is 0 Å². The highest BCUT2D eigenvalue weighted by Gasteiger charge is 2.27. The summed E-state index contributed by atoms with van der Waals surface area (Å²) in [6.45, 7) is 4.97. The maximum absolute atomic E-state index is 12.9. The average Bonchev–Trinajstić information content (AvgIpc) is 2.67. The molecule has 0 bridgehead atoms. The number of hydrogen-bond acceptors (Lipinski definition) is 3. The van der Waals surface area contributed by atoms with E-state index in [1.165, 1.54) is 10.8 Å². The lowest BCUT2D eigenvalue weighted by Gasteiger charge is -2.33. The topological polar surface area (TPSA) is 55.6 Å². The van der Waals surface area contributed by atoms with Gasteiger partial charge in [-0.15, -0.1) is 0 Å². The van der Waals surface area contributed by atoms with Gasteiger partial charge in [-0.2, -0.15) is 0 Å². The predicted octanol–water partition coefficient (Wildman–Crippen LogP) is 3.30. The van der Waals surface area contributed by atoms with E-state index in [4.69, 9.17) is 10.5 Å². The first-order valence-corrected chi connectivity index (χ1v) is 9.28. The fourth-order valence-corrected chi connectivity index (χ4v) is 3.47. The summed E-state index contributed by atoms with van der Waals surface area (Å²) in [6.07, 6.45) is 3.01. The maximum Gasteiger partial charge on any atom is 0.229 e. The van der Waals surface area contributed by atoms with E-state index < -0.39 is 0 Å². The SMILES string of the molecule is CC(C(=O)N1CCC(OCCCN)CC1)c1ccc2ccccc2c1. The summed E-state index contributed by atoms with van der Waals surface area (Å²) in [7, 11) is 0. The number of carbonyl (C=O) groups is 1. The van der Waals surface area contributed by atoms with Crippen LogP contribution in [0.1, 0.15) is 37.7 Å². The summed E-state index contributed by atoms with van der Waals surface area (Å²) in [4.78, 5) is 14.9. The standard InChI is InChI=1S/C21H28N2O2/c1-16(18-8-7-17-5-2-3-6-19(17)15-18)21(24)23-12-9-20(10-13-23)25-14-4-11-22/h2-3,5-8,15-16,20H,4,9-14,22H2,1H3. The lowest BCUT2D eigenvalue weighted by Crippen LogP contribution is -2.42. The van der Waals surface area contributed by atoms with E-state index in [9.17, 15) is 4.79 Å². The van der Waals surface area contributed by atoms with Gasteiger partial charge in [-0.05, 0) is 49.1 Å². The van der Waals surface area contributed by atoms with Gasteiger partial charge >= 0.3 is 0 Å². The van der Waals surface area contributed by atoms with Crippen molar-refractivity contribution in [3.05, 3.63) is 48.0 Å². The molecule has 4 nitrogen and oxygen atoms in total. The van der Waals surface area contributed by atoms with Crippen LogP contribution in [0.5, 0.6) is 0 Å². The number of benzene rings is 2. The third-order valence-electron chi connectivity index (χ3n) is 5.10. The number of hydrogen-bond donors (Lipinski definition) is 1. The quantitative estimate of drug-likeness (QED) is 0.821. The van der Waals surface area contributed by atoms with Crippen molar-refractivity contribution in [3.8, 4) is 0 Å². The molecule has 1 unspecified atom stereocenters. The largest absolute Gasteiger partial charge is 0.378 e. The Labute approximate surface area is 149 Å². The number of amides is 1. The van der Waals surface area contributed by atoms with Crippen molar-refractivity contribution >= 4 is 16.7 Å². The average molecular weight is 340 g/mol. The van der Waals surface area contributed by atoms with Gasteiger partial charge < -0.3 is 15.4 Å². The highest BCUT2D eigenvalue weighted by atomic mass is 16.5. The Morgan fingerprint density at radius 1 is 1.20 bits per heavy atom. The fourth-order valence-electron chi connectivity index (χ4n) is 3.47. The lowest BCUT2D eigenvalue weighted by atomic mass is 9.95. The Hall–Kier alpha value is -1.91. The molecule has 134 valence electrons. The Kier molecular flexibility index (Phi) is 6.05. The molecule has 2 N–H and O–H groups in total. The first kappa shape index (κ1) is 17.9. The molecule has 0 aliphatic carbocycles. The first-order chi connectivity index (χ1) is 12.2. The predicted molar refractivity (Wildman–Crippen MR) is 102 cm³/mol. The number of carbonyl (C=O) groups excluding carboxylic acids is 1. The molecule has 0 saturated carbocycles. The normalized spacial score (nSPS) is 17.0. The lowest BCUT2D eigenvalue weighted by molar-refractivity contribution is -0.135. The smallest absolute Gasteiger partial charge is 0.229 e. The van der Waals surface area contributed by atoms with Crippen molar-refractivity contribution in [2.24, 2.45) is 5.73 Å². The van der Waals surface area contributed by atoms with Crippen LogP contribution in [0.4, 0.5) is 0 Å². The Balaban J connectivity index is 1.58. The summed E-state index contributed by atoms with van der Waals surface area (Å²) < 4.78 is 5.83. The van der Waals surface area contributed by atoms with Crippen molar-refractivity contribution in [2.75, 3.05) is 26.2 Å². The van der Waals surface area contributed by atoms with Gasteiger partial charge in [0.1, 0.15) is 0 Å². The second kappa shape index (κ2) is 8.45. The van der Waals surface area contributed by atoms with Crippen molar-refractivity contribution in [2.45, 2.75) is 38.2 Å². The van der Waals surface area contributed by atoms with E-state index in [2.05, 4.69) is 30.3 Å². The number of nitrogens with zero attached hydrogens (tertiary/aromatic N) is 1. The van der Waals surface area contributed by atoms with Gasteiger partial charge in [-0.25, -0.2) is 0 Å². The van der Waals surface area contributed by atoms with Gasteiger partial charge in [-0.3, -0.25) is 4.79 Å². The Morgan fingerprint density at radius 2 is 1.92 bits per heavy atom. The van der Waals surface area contributed by atoms with Crippen LogP contribution in [0.2, 0.25) is 0 Å². The molecule has 1 aliphatic rings. The minimum Gasteiger partial charge on any atom is -0.378 e. The molecule has 1 heterocycles. The van der Waals surface area contributed by atoms with Gasteiger partial charge in [0.2, 0.25) is 5.91 Å². The molecule has 4 heteroatoms. The summed E-state index contributed by atoms with van der Waals surface area (Å²) in [5.41, 5.74) is 6.58. The minimum atomic E-state index is -0.112. The molecule has 1 aliphatic heterocycles. The van der Waals surface area contributed by atoms with Crippen LogP contribution in [0.15, 0.2) is 42.5 Å². The second-order valence-electron chi connectivity index (χ2n) is 6.87. The van der Waals surface area contributed by atoms with E-state index in [1.807, 2.05) is 24.0 Å². The minimum absolute atomic E-state index is 0.112. The van der Waals surface area contributed by atoms with Gasteiger partial charge in [0.25, 0.3) is 0 Å². The van der Waals surface area contributed by atoms with E-state index in [1.54, 1.807) is 0 Å². The van der Waals surface area contributed by atoms with Crippen molar-refractivity contribution in [1.82, 2.24) is 4.90 Å². The number of nitrogens with two attached hydrogens (primary N) is 1. The van der Waals surface area contributed by atoms with Crippen LogP contribution < -0.4 is 5.73 Å². The summed E-state index contributed by atoms with van der Waals surface area (Å²) in [5, 5.41) is 2.40. The van der Waals surface area contributed by atoms with Gasteiger partial charge in [0, 0.05) is 19.7 Å². The zero-order valence-corrected chi connectivity index (χ0v) is 15.0. The summed E-state index contributed by atoms with van der Waals surface area (Å²) >= 11 is 0. The van der Waals surface area contributed by atoms with Gasteiger partial charge in [0.15, 0.2) is 0 Å². The Bertz CT molecular complexity index is 708. The highest BCUT2D eigenvalue weighted by molar-refractivity contribution is 5.87. The van der Waals surface area contributed by atoms with Crippen LogP contribution in [-0.4, -0.2) is 43.2 Å². The zero-order chi connectivity index (χ0) is 17.6. The molecule has 0 spiro atoms. The second-order valence-corrected chi connectivity index (χ2v) is 6.87. The van der Waals surface area contributed by atoms with Crippen molar-refractivity contribution in [3.63, 3.8) is 0 Å². The Morgan fingerprint density at radius 3 is 2.64 bits per heavy atom. The molecule has 2 aromatic carbocycles. The third-order valence-corrected chi connectivity index (χ3v) is 5.10. The number of ether oxygens (including phenoxy) is 1. The third kappa shape index (κ3) is 4.39. The van der Waals surface area contributed by atoms with Crippen LogP contribution in [0.25, 0.3) is 10.8 Å². The molecule has 1 amide bonds. The highest BCUT2D eigenvalue weighted by Crippen LogP contribution is 2.25. The van der Waals surface area contributed by atoms with Crippen LogP contribution in [-0.2, 0) is 9.53 Å². The van der Waals surface area contributed by atoms with E-state index in [0.29, 0.717) is 6.54 Å². The monoisotopic (exact) mass is 340 g/mol. The maximum atomic E-state index is 12.9. The number of likely N-dealkylation sites (tertiary alicyclic amines) is 1. The van der Waals surface area contributed by atoms with Crippen LogP contribution >= 0.6 is 0 Å². The molecule has 1 saturated heterocycles. The molecule has 1 fully saturated rings. The number of piperidine rings is 1. The number of fused-ring (bicyclic) bond motifs is 1. The fraction of sp³-hybridized carbons (Fsp3) is 0.476. The van der Waals surface area contributed by atoms with E-state index >= 15 is 0 Å². The zero-order valence-electron chi connectivity index (χ0n) is 15.0. The van der Waals surface area contributed by atoms with Crippen LogP contribution in [0, 0.1) is 0 Å². The van der Waals surface area contributed by atoms with Gasteiger partial charge in [-0.1, -0.05) is 42.5 Å². The van der Waals surface area contributed by atoms with Crippen LogP contribution in [0.3, 0.4) is 0 Å². The summed E-state index contributed by atoms with van der Waals surface area (Å²) in [6, 6.07) is 14.6. The van der Waals surface area contributed by atoms with Crippen molar-refractivity contribution < 1.29 is 9.53 Å². The summed E-state index contributed by atoms with van der Waals surface area (Å²) in [5.74, 6) is 0.106. The number of rotatable bonds is 6. The molecule has 1 atom stereocenters. The molecule has 3 rings (SSSR count). The van der Waals surface area contributed by atoms with E-state index in [-0.39, 0.29) is 17.9 Å². The first-order valence-electron chi connectivity index (χ1n) is 9.28. The van der Waals surface area contributed by atoms with E-state index in [0.717, 1.165) is 44.5 Å². The molecule has 0 aromatic heterocycles. The molecular weight excluding hydrogens is 312 g/mol.